The normalized spacial score (nSPS) is 30.8. The van der Waals surface area contributed by atoms with Gasteiger partial charge in [-0.3, -0.25) is 4.79 Å². The third-order valence-electron chi connectivity index (χ3n) is 5.46. The second kappa shape index (κ2) is 7.59. The van der Waals surface area contributed by atoms with Gasteiger partial charge in [0.2, 0.25) is 0 Å². The maximum Gasteiger partial charge on any atom is 0.326 e. The molecule has 4 heteroatoms. The Kier molecular flexibility index (Phi) is 6.06. The van der Waals surface area contributed by atoms with Gasteiger partial charge in [-0.2, -0.15) is 0 Å². The van der Waals surface area contributed by atoms with E-state index in [4.69, 9.17) is 4.74 Å². The lowest BCUT2D eigenvalue weighted by Crippen LogP contribution is -2.58. The maximum absolute atomic E-state index is 12.3. The molecule has 2 rings (SSSR count). The van der Waals surface area contributed by atoms with Gasteiger partial charge < -0.3 is 15.0 Å². The van der Waals surface area contributed by atoms with Crippen molar-refractivity contribution in [3.63, 3.8) is 0 Å². The summed E-state index contributed by atoms with van der Waals surface area (Å²) in [5.41, 5.74) is -0.462. The first-order valence-corrected chi connectivity index (χ1v) is 8.65. The number of methoxy groups -OCH3 is 1. The van der Waals surface area contributed by atoms with Crippen LogP contribution in [-0.2, 0) is 9.53 Å². The summed E-state index contributed by atoms with van der Waals surface area (Å²) in [6, 6.07) is 0.498. The van der Waals surface area contributed by atoms with Crippen LogP contribution in [0.4, 0.5) is 0 Å². The Bertz CT molecular complexity index is 338. The fourth-order valence-corrected chi connectivity index (χ4v) is 4.32. The monoisotopic (exact) mass is 296 g/mol. The predicted molar refractivity (Wildman–Crippen MR) is 85.3 cm³/mol. The van der Waals surface area contributed by atoms with Crippen molar-refractivity contribution < 1.29 is 9.53 Å². The van der Waals surface area contributed by atoms with E-state index in [2.05, 4.69) is 24.2 Å². The van der Waals surface area contributed by atoms with Gasteiger partial charge in [0.15, 0.2) is 0 Å². The molecular formula is C17H32N2O2. The Morgan fingerprint density at radius 3 is 2.62 bits per heavy atom. The molecule has 0 aliphatic heterocycles. The first-order valence-electron chi connectivity index (χ1n) is 8.65. The van der Waals surface area contributed by atoms with E-state index >= 15 is 0 Å². The van der Waals surface area contributed by atoms with Gasteiger partial charge >= 0.3 is 5.97 Å². The van der Waals surface area contributed by atoms with Crippen molar-refractivity contribution in [2.45, 2.75) is 69.9 Å². The highest BCUT2D eigenvalue weighted by molar-refractivity contribution is 5.81. The number of hydrogen-bond donors (Lipinski definition) is 1. The van der Waals surface area contributed by atoms with E-state index in [-0.39, 0.29) is 5.97 Å². The highest BCUT2D eigenvalue weighted by Crippen LogP contribution is 2.33. The molecule has 1 N–H and O–H groups in total. The molecule has 0 spiro atoms. The van der Waals surface area contributed by atoms with Crippen molar-refractivity contribution in [2.24, 2.45) is 5.92 Å². The fraction of sp³-hybridized carbons (Fsp3) is 0.941. The lowest BCUT2D eigenvalue weighted by atomic mass is 9.78. The average molecular weight is 296 g/mol. The number of carbonyl (C=O) groups excluding carboxylic acids is 1. The Labute approximate surface area is 129 Å². The Balaban J connectivity index is 1.98. The number of nitrogens with zero attached hydrogens (tertiary/aromatic N) is 1. The summed E-state index contributed by atoms with van der Waals surface area (Å²) in [7, 11) is 3.75. The summed E-state index contributed by atoms with van der Waals surface area (Å²) in [6.45, 7) is 4.07. The molecule has 2 atom stereocenters. The summed E-state index contributed by atoms with van der Waals surface area (Å²) in [5.74, 6) is 0.784. The summed E-state index contributed by atoms with van der Waals surface area (Å²) in [5, 5.41) is 3.43. The predicted octanol–water partition coefficient (Wildman–Crippen LogP) is 2.57. The lowest BCUT2D eigenvalue weighted by Gasteiger charge is -2.43. The van der Waals surface area contributed by atoms with Gasteiger partial charge in [0.1, 0.15) is 5.54 Å². The quantitative estimate of drug-likeness (QED) is 0.765. The minimum atomic E-state index is -0.462. The Hall–Kier alpha value is -0.610. The van der Waals surface area contributed by atoms with Crippen LogP contribution < -0.4 is 5.32 Å². The van der Waals surface area contributed by atoms with Crippen LogP contribution in [0, 0.1) is 5.92 Å². The number of nitrogens with one attached hydrogen (secondary N) is 1. The van der Waals surface area contributed by atoms with Crippen LogP contribution in [0.3, 0.4) is 0 Å². The van der Waals surface area contributed by atoms with Crippen LogP contribution in [0.15, 0.2) is 0 Å². The van der Waals surface area contributed by atoms with Crippen LogP contribution in [0.2, 0.25) is 0 Å². The number of likely N-dealkylation sites (N-methyl/N-ethyl adjacent to an activating group) is 1. The average Bonchev–Trinajstić information content (AvgIpc) is 2.99. The lowest BCUT2D eigenvalue weighted by molar-refractivity contribution is -0.151. The number of esters is 1. The van der Waals surface area contributed by atoms with E-state index in [9.17, 15) is 4.79 Å². The summed E-state index contributed by atoms with van der Waals surface area (Å²) < 4.78 is 5.09. The van der Waals surface area contributed by atoms with E-state index in [1.54, 1.807) is 0 Å². The number of rotatable bonds is 6. The third-order valence-corrected chi connectivity index (χ3v) is 5.46. The third kappa shape index (κ3) is 3.98. The number of hydrogen-bond acceptors (Lipinski definition) is 4. The van der Waals surface area contributed by atoms with Crippen molar-refractivity contribution in [1.82, 2.24) is 10.2 Å². The van der Waals surface area contributed by atoms with Gasteiger partial charge in [-0.25, -0.2) is 0 Å². The summed E-state index contributed by atoms with van der Waals surface area (Å²) in [4.78, 5) is 14.8. The van der Waals surface area contributed by atoms with Gasteiger partial charge in [-0.1, -0.05) is 19.8 Å². The first kappa shape index (κ1) is 16.8. The van der Waals surface area contributed by atoms with Crippen molar-refractivity contribution >= 4 is 5.97 Å². The SMILES string of the molecule is CCNC1(C(=O)OC)CCCC(N(C)CC2CCCC2)C1. The molecule has 0 aromatic heterocycles. The molecule has 4 nitrogen and oxygen atoms in total. The van der Waals surface area contributed by atoms with Gasteiger partial charge in [0.05, 0.1) is 7.11 Å². The van der Waals surface area contributed by atoms with Crippen molar-refractivity contribution in [3.05, 3.63) is 0 Å². The molecule has 0 aromatic rings. The largest absolute Gasteiger partial charge is 0.468 e. The molecule has 2 aliphatic rings. The first-order chi connectivity index (χ1) is 10.1. The Morgan fingerprint density at radius 1 is 1.29 bits per heavy atom. The molecule has 0 heterocycles. The highest BCUT2D eigenvalue weighted by atomic mass is 16.5. The molecule has 2 aliphatic carbocycles. The van der Waals surface area contributed by atoms with E-state index < -0.39 is 5.54 Å². The molecule has 0 amide bonds. The van der Waals surface area contributed by atoms with Gasteiger partial charge in [-0.05, 0) is 58.0 Å². The molecule has 21 heavy (non-hydrogen) atoms. The van der Waals surface area contributed by atoms with Gasteiger partial charge in [0.25, 0.3) is 0 Å². The molecule has 2 unspecified atom stereocenters. The summed E-state index contributed by atoms with van der Waals surface area (Å²) >= 11 is 0. The zero-order valence-corrected chi connectivity index (χ0v) is 14.0. The highest BCUT2D eigenvalue weighted by Gasteiger charge is 2.44. The van der Waals surface area contributed by atoms with Crippen LogP contribution >= 0.6 is 0 Å². The Morgan fingerprint density at radius 2 is 2.00 bits per heavy atom. The minimum absolute atomic E-state index is 0.0803. The minimum Gasteiger partial charge on any atom is -0.468 e. The van der Waals surface area contributed by atoms with E-state index in [0.29, 0.717) is 6.04 Å². The molecule has 2 fully saturated rings. The topological polar surface area (TPSA) is 41.6 Å². The van der Waals surface area contributed by atoms with Gasteiger partial charge in [0, 0.05) is 12.6 Å². The molecule has 0 aromatic carbocycles. The molecule has 2 saturated carbocycles. The second-order valence-corrected chi connectivity index (χ2v) is 6.94. The van der Waals surface area contributed by atoms with Crippen LogP contribution in [0.25, 0.3) is 0 Å². The molecule has 122 valence electrons. The van der Waals surface area contributed by atoms with Crippen molar-refractivity contribution in [2.75, 3.05) is 27.2 Å². The van der Waals surface area contributed by atoms with Crippen LogP contribution in [-0.4, -0.2) is 49.7 Å². The molecule has 0 saturated heterocycles. The molecular weight excluding hydrogens is 264 g/mol. The molecule has 0 radical (unpaired) electrons. The van der Waals surface area contributed by atoms with E-state index in [1.807, 2.05) is 0 Å². The summed E-state index contributed by atoms with van der Waals surface area (Å²) in [6.07, 6.45) is 9.64. The van der Waals surface area contributed by atoms with Crippen LogP contribution in [0.1, 0.15) is 58.3 Å². The van der Waals surface area contributed by atoms with Crippen molar-refractivity contribution in [1.29, 1.82) is 0 Å². The number of carbonyl (C=O) groups is 1. The maximum atomic E-state index is 12.3. The van der Waals surface area contributed by atoms with E-state index in [1.165, 1.54) is 45.8 Å². The van der Waals surface area contributed by atoms with Crippen molar-refractivity contribution in [3.8, 4) is 0 Å². The number of ether oxygens (including phenoxy) is 1. The zero-order valence-electron chi connectivity index (χ0n) is 14.0. The molecule has 0 bridgehead atoms. The fourth-order valence-electron chi connectivity index (χ4n) is 4.32. The standard InChI is InChI=1S/C17H32N2O2/c1-4-18-17(16(20)21-3)11-7-10-15(12-17)19(2)13-14-8-5-6-9-14/h14-15,18H,4-13H2,1-3H3. The van der Waals surface area contributed by atoms with Gasteiger partial charge in [-0.15, -0.1) is 0 Å². The van der Waals surface area contributed by atoms with Crippen LogP contribution in [0.5, 0.6) is 0 Å². The smallest absolute Gasteiger partial charge is 0.326 e. The van der Waals surface area contributed by atoms with E-state index in [0.717, 1.165) is 31.7 Å². The second-order valence-electron chi connectivity index (χ2n) is 6.94. The zero-order chi connectivity index (χ0) is 15.3.